The Kier molecular flexibility index (Phi) is 6.82. The number of hydrogen-bond acceptors (Lipinski definition) is 4. The SMILES string of the molecule is CCN(CC)CCOc1cc(OC)ccc1C(=O)c1ccccc1. The molecule has 0 fully saturated rings. The number of carbonyl (C=O) groups excluding carboxylic acids is 1. The molecule has 2 aromatic rings. The maximum Gasteiger partial charge on any atom is 0.196 e. The lowest BCUT2D eigenvalue weighted by Gasteiger charge is -2.19. The first kappa shape index (κ1) is 18.0. The van der Waals surface area contributed by atoms with Crippen LogP contribution in [0.1, 0.15) is 29.8 Å². The summed E-state index contributed by atoms with van der Waals surface area (Å²) >= 11 is 0. The molecule has 0 aliphatic carbocycles. The van der Waals surface area contributed by atoms with E-state index in [1.165, 1.54) is 0 Å². The molecule has 0 aromatic heterocycles. The highest BCUT2D eigenvalue weighted by molar-refractivity contribution is 6.10. The molecule has 0 aliphatic rings. The highest BCUT2D eigenvalue weighted by Crippen LogP contribution is 2.27. The fraction of sp³-hybridized carbons (Fsp3) is 0.350. The maximum atomic E-state index is 12.7. The summed E-state index contributed by atoms with van der Waals surface area (Å²) in [5, 5.41) is 0. The van der Waals surface area contributed by atoms with Crippen LogP contribution in [0, 0.1) is 0 Å². The minimum atomic E-state index is -0.0453. The van der Waals surface area contributed by atoms with Crippen LogP contribution in [0.15, 0.2) is 48.5 Å². The van der Waals surface area contributed by atoms with Gasteiger partial charge in [0.2, 0.25) is 0 Å². The van der Waals surface area contributed by atoms with Gasteiger partial charge in [0.25, 0.3) is 0 Å². The normalized spacial score (nSPS) is 10.7. The van der Waals surface area contributed by atoms with Crippen molar-refractivity contribution in [1.29, 1.82) is 0 Å². The summed E-state index contributed by atoms with van der Waals surface area (Å²) in [4.78, 5) is 15.0. The summed E-state index contributed by atoms with van der Waals surface area (Å²) in [5.74, 6) is 1.20. The highest BCUT2D eigenvalue weighted by Gasteiger charge is 2.16. The third kappa shape index (κ3) is 4.59. The van der Waals surface area contributed by atoms with Gasteiger partial charge >= 0.3 is 0 Å². The van der Waals surface area contributed by atoms with Crippen LogP contribution < -0.4 is 9.47 Å². The number of ketones is 1. The minimum Gasteiger partial charge on any atom is -0.497 e. The van der Waals surface area contributed by atoms with Gasteiger partial charge in [-0.3, -0.25) is 4.79 Å². The summed E-state index contributed by atoms with van der Waals surface area (Å²) in [6.07, 6.45) is 0. The minimum absolute atomic E-state index is 0.0453. The Labute approximate surface area is 144 Å². The Balaban J connectivity index is 2.20. The van der Waals surface area contributed by atoms with Crippen molar-refractivity contribution in [2.75, 3.05) is 33.4 Å². The van der Waals surface area contributed by atoms with Crippen LogP contribution in [0.4, 0.5) is 0 Å². The number of nitrogens with zero attached hydrogens (tertiary/aromatic N) is 1. The molecular formula is C20H25NO3. The van der Waals surface area contributed by atoms with Crippen LogP contribution in [0.25, 0.3) is 0 Å². The summed E-state index contributed by atoms with van der Waals surface area (Å²) in [6, 6.07) is 14.6. The van der Waals surface area contributed by atoms with Gasteiger partial charge in [-0.15, -0.1) is 0 Å². The molecule has 0 N–H and O–H groups in total. The molecule has 2 aromatic carbocycles. The third-order valence-corrected chi connectivity index (χ3v) is 4.03. The van der Waals surface area contributed by atoms with Gasteiger partial charge in [-0.25, -0.2) is 0 Å². The fourth-order valence-electron chi connectivity index (χ4n) is 2.51. The lowest BCUT2D eigenvalue weighted by atomic mass is 10.0. The molecule has 0 bridgehead atoms. The van der Waals surface area contributed by atoms with Gasteiger partial charge in [0.15, 0.2) is 5.78 Å². The van der Waals surface area contributed by atoms with Crippen LogP contribution in [-0.4, -0.2) is 44.0 Å². The smallest absolute Gasteiger partial charge is 0.196 e. The predicted molar refractivity (Wildman–Crippen MR) is 96.2 cm³/mol. The van der Waals surface area contributed by atoms with Gasteiger partial charge in [-0.2, -0.15) is 0 Å². The zero-order valence-corrected chi connectivity index (χ0v) is 14.6. The van der Waals surface area contributed by atoms with Crippen molar-refractivity contribution in [2.45, 2.75) is 13.8 Å². The number of carbonyl (C=O) groups is 1. The zero-order valence-electron chi connectivity index (χ0n) is 14.6. The van der Waals surface area contributed by atoms with Crippen molar-refractivity contribution < 1.29 is 14.3 Å². The second-order valence-electron chi connectivity index (χ2n) is 5.43. The van der Waals surface area contributed by atoms with Gasteiger partial charge in [0, 0.05) is 18.2 Å². The van der Waals surface area contributed by atoms with Crippen LogP contribution >= 0.6 is 0 Å². The van der Waals surface area contributed by atoms with E-state index in [0.29, 0.717) is 29.2 Å². The first-order valence-corrected chi connectivity index (χ1v) is 8.32. The molecule has 0 heterocycles. The van der Waals surface area contributed by atoms with Gasteiger partial charge < -0.3 is 14.4 Å². The van der Waals surface area contributed by atoms with E-state index >= 15 is 0 Å². The molecule has 0 radical (unpaired) electrons. The standard InChI is InChI=1S/C20H25NO3/c1-4-21(5-2)13-14-24-19-15-17(23-3)11-12-18(19)20(22)16-9-7-6-8-10-16/h6-12,15H,4-5,13-14H2,1-3H3. The van der Waals surface area contributed by atoms with Crippen molar-refractivity contribution in [1.82, 2.24) is 4.90 Å². The summed E-state index contributed by atoms with van der Waals surface area (Å²) in [6.45, 7) is 7.56. The Hall–Kier alpha value is -2.33. The largest absolute Gasteiger partial charge is 0.497 e. The lowest BCUT2D eigenvalue weighted by Crippen LogP contribution is -2.28. The molecule has 24 heavy (non-hydrogen) atoms. The van der Waals surface area contributed by atoms with Crippen LogP contribution in [0.3, 0.4) is 0 Å². The van der Waals surface area contributed by atoms with Crippen molar-refractivity contribution >= 4 is 5.78 Å². The molecule has 2 rings (SSSR count). The first-order chi connectivity index (χ1) is 11.7. The molecule has 0 saturated heterocycles. The molecule has 0 spiro atoms. The Bertz CT molecular complexity index is 651. The third-order valence-electron chi connectivity index (χ3n) is 4.03. The van der Waals surface area contributed by atoms with Crippen LogP contribution in [0.5, 0.6) is 11.5 Å². The van der Waals surface area contributed by atoms with Gasteiger partial charge in [-0.05, 0) is 25.2 Å². The zero-order chi connectivity index (χ0) is 17.4. The van der Waals surface area contributed by atoms with Gasteiger partial charge in [0.05, 0.1) is 12.7 Å². The summed E-state index contributed by atoms with van der Waals surface area (Å²) in [5.41, 5.74) is 1.21. The topological polar surface area (TPSA) is 38.8 Å². The number of hydrogen-bond donors (Lipinski definition) is 0. The monoisotopic (exact) mass is 327 g/mol. The molecule has 0 amide bonds. The van der Waals surface area contributed by atoms with Gasteiger partial charge in [0.1, 0.15) is 18.1 Å². The van der Waals surface area contributed by atoms with E-state index in [0.717, 1.165) is 19.6 Å². The molecule has 0 unspecified atom stereocenters. The van der Waals surface area contributed by atoms with Crippen LogP contribution in [0.2, 0.25) is 0 Å². The van der Waals surface area contributed by atoms with Crippen molar-refractivity contribution in [3.05, 3.63) is 59.7 Å². The Morgan fingerprint density at radius 3 is 2.38 bits per heavy atom. The summed E-state index contributed by atoms with van der Waals surface area (Å²) in [7, 11) is 1.60. The van der Waals surface area contributed by atoms with E-state index in [-0.39, 0.29) is 5.78 Å². The molecular weight excluding hydrogens is 302 g/mol. The number of likely N-dealkylation sites (N-methyl/N-ethyl adjacent to an activating group) is 1. The van der Waals surface area contributed by atoms with Gasteiger partial charge in [-0.1, -0.05) is 44.2 Å². The maximum absolute atomic E-state index is 12.7. The average molecular weight is 327 g/mol. The van der Waals surface area contributed by atoms with E-state index in [4.69, 9.17) is 9.47 Å². The van der Waals surface area contributed by atoms with E-state index in [1.807, 2.05) is 30.3 Å². The second-order valence-corrected chi connectivity index (χ2v) is 5.43. The Morgan fingerprint density at radius 1 is 1.04 bits per heavy atom. The molecule has 4 heteroatoms. The molecule has 128 valence electrons. The van der Waals surface area contributed by atoms with E-state index < -0.39 is 0 Å². The van der Waals surface area contributed by atoms with Crippen molar-refractivity contribution in [3.8, 4) is 11.5 Å². The second kappa shape index (κ2) is 9.08. The highest BCUT2D eigenvalue weighted by atomic mass is 16.5. The predicted octanol–water partition coefficient (Wildman–Crippen LogP) is 3.65. The molecule has 0 saturated carbocycles. The van der Waals surface area contributed by atoms with Crippen LogP contribution in [-0.2, 0) is 0 Å². The van der Waals surface area contributed by atoms with E-state index in [2.05, 4.69) is 18.7 Å². The molecule has 0 atom stereocenters. The van der Waals surface area contributed by atoms with Crippen molar-refractivity contribution in [2.24, 2.45) is 0 Å². The van der Waals surface area contributed by atoms with E-state index in [9.17, 15) is 4.79 Å². The fourth-order valence-corrected chi connectivity index (χ4v) is 2.51. The quantitative estimate of drug-likeness (QED) is 0.659. The number of ether oxygens (including phenoxy) is 2. The number of rotatable bonds is 9. The molecule has 0 aliphatic heterocycles. The van der Waals surface area contributed by atoms with Crippen molar-refractivity contribution in [3.63, 3.8) is 0 Å². The average Bonchev–Trinajstić information content (AvgIpc) is 2.65. The summed E-state index contributed by atoms with van der Waals surface area (Å²) < 4.78 is 11.2. The lowest BCUT2D eigenvalue weighted by molar-refractivity contribution is 0.103. The number of benzene rings is 2. The molecule has 4 nitrogen and oxygen atoms in total. The van der Waals surface area contributed by atoms with E-state index in [1.54, 1.807) is 25.3 Å². The Morgan fingerprint density at radius 2 is 1.75 bits per heavy atom. The number of methoxy groups -OCH3 is 1. The first-order valence-electron chi connectivity index (χ1n) is 8.32.